The zero-order valence-corrected chi connectivity index (χ0v) is 20.7. The zero-order valence-electron chi connectivity index (χ0n) is 20.7. The normalized spacial score (nSPS) is 12.5. The summed E-state index contributed by atoms with van der Waals surface area (Å²) in [5.41, 5.74) is 4.76. The average molecular weight is 477 g/mol. The largest absolute Gasteiger partial charge is 0.492 e. The van der Waals surface area contributed by atoms with Crippen LogP contribution in [0.1, 0.15) is 23.2 Å². The van der Waals surface area contributed by atoms with E-state index in [1.54, 1.807) is 6.20 Å². The Labute approximate surface area is 207 Å². The Balaban J connectivity index is 1.35. The van der Waals surface area contributed by atoms with Crippen molar-refractivity contribution in [3.63, 3.8) is 0 Å². The zero-order chi connectivity index (χ0) is 24.6. The van der Waals surface area contributed by atoms with E-state index in [0.717, 1.165) is 23.4 Å². The van der Waals surface area contributed by atoms with Crippen molar-refractivity contribution in [2.45, 2.75) is 46.0 Å². The van der Waals surface area contributed by atoms with Crippen LogP contribution in [0.15, 0.2) is 67.0 Å². The van der Waals surface area contributed by atoms with E-state index in [2.05, 4.69) is 58.7 Å². The second-order valence-corrected chi connectivity index (χ2v) is 9.07. The number of ether oxygens (including phenoxy) is 1. The van der Waals surface area contributed by atoms with Gasteiger partial charge in [-0.2, -0.15) is 5.10 Å². The molecule has 0 fully saturated rings. The number of rotatable bonds is 13. The summed E-state index contributed by atoms with van der Waals surface area (Å²) >= 11 is 0. The maximum Gasteiger partial charge on any atom is 0.119 e. The van der Waals surface area contributed by atoms with Crippen molar-refractivity contribution in [3.8, 4) is 5.75 Å². The van der Waals surface area contributed by atoms with Crippen LogP contribution in [0.25, 0.3) is 10.9 Å². The average Bonchev–Trinajstić information content (AvgIpc) is 3.47. The smallest absolute Gasteiger partial charge is 0.119 e. The molecule has 0 aliphatic rings. The number of aliphatic hydroxyl groups excluding tert-OH is 2. The van der Waals surface area contributed by atoms with Crippen LogP contribution < -0.4 is 4.74 Å². The number of hydrogen-bond donors (Lipinski definition) is 2. The SMILES string of the molecule is Cc1c(C)n(C[C@H](O)CN(CCCO)Cc2ccc(OCCn3cccn3)cc2)c2ccccc12. The Hall–Kier alpha value is -3.13. The lowest BCUT2D eigenvalue weighted by molar-refractivity contribution is 0.0909. The first kappa shape index (κ1) is 25.0. The molecule has 4 rings (SSSR count). The van der Waals surface area contributed by atoms with Crippen LogP contribution in [-0.4, -0.2) is 61.9 Å². The van der Waals surface area contributed by atoms with Gasteiger partial charge < -0.3 is 19.5 Å². The minimum absolute atomic E-state index is 0.135. The fourth-order valence-corrected chi connectivity index (χ4v) is 4.57. The van der Waals surface area contributed by atoms with Crippen LogP contribution in [0.3, 0.4) is 0 Å². The van der Waals surface area contributed by atoms with E-state index >= 15 is 0 Å². The molecule has 7 nitrogen and oxygen atoms in total. The van der Waals surface area contributed by atoms with E-state index in [1.165, 1.54) is 16.6 Å². The maximum absolute atomic E-state index is 11.0. The van der Waals surface area contributed by atoms with Crippen LogP contribution in [0, 0.1) is 13.8 Å². The van der Waals surface area contributed by atoms with Crippen LogP contribution >= 0.6 is 0 Å². The summed E-state index contributed by atoms with van der Waals surface area (Å²) in [5.74, 6) is 0.827. The van der Waals surface area contributed by atoms with Gasteiger partial charge in [-0.15, -0.1) is 0 Å². The van der Waals surface area contributed by atoms with E-state index < -0.39 is 6.10 Å². The highest BCUT2D eigenvalue weighted by Gasteiger charge is 2.17. The highest BCUT2D eigenvalue weighted by molar-refractivity contribution is 5.85. The van der Waals surface area contributed by atoms with Crippen LogP contribution in [0.4, 0.5) is 0 Å². The molecule has 186 valence electrons. The Bertz CT molecular complexity index is 1190. The van der Waals surface area contributed by atoms with Gasteiger partial charge >= 0.3 is 0 Å². The summed E-state index contributed by atoms with van der Waals surface area (Å²) in [7, 11) is 0. The lowest BCUT2D eigenvalue weighted by Gasteiger charge is -2.26. The number of nitrogens with zero attached hydrogens (tertiary/aromatic N) is 4. The number of hydrogen-bond acceptors (Lipinski definition) is 5. The summed E-state index contributed by atoms with van der Waals surface area (Å²) in [6.07, 6.45) is 3.83. The number of aryl methyl sites for hydroxylation is 1. The number of aliphatic hydroxyl groups is 2. The molecule has 0 amide bonds. The molecule has 0 saturated carbocycles. The summed E-state index contributed by atoms with van der Waals surface area (Å²) in [6.45, 7) is 8.15. The van der Waals surface area contributed by atoms with Gasteiger partial charge in [0.05, 0.1) is 19.2 Å². The highest BCUT2D eigenvalue weighted by atomic mass is 16.5. The molecular formula is C28H36N4O3. The molecule has 0 bridgehead atoms. The second-order valence-electron chi connectivity index (χ2n) is 9.07. The third-order valence-corrected chi connectivity index (χ3v) is 6.52. The van der Waals surface area contributed by atoms with Gasteiger partial charge in [0.15, 0.2) is 0 Å². The quantitative estimate of drug-likeness (QED) is 0.307. The lowest BCUT2D eigenvalue weighted by atomic mass is 10.2. The van der Waals surface area contributed by atoms with Crippen molar-refractivity contribution < 1.29 is 14.9 Å². The summed E-state index contributed by atoms with van der Waals surface area (Å²) in [5, 5.41) is 25.8. The maximum atomic E-state index is 11.0. The molecule has 2 aromatic heterocycles. The fourth-order valence-electron chi connectivity index (χ4n) is 4.57. The van der Waals surface area contributed by atoms with Gasteiger partial charge in [-0.25, -0.2) is 0 Å². The highest BCUT2D eigenvalue weighted by Crippen LogP contribution is 2.25. The van der Waals surface area contributed by atoms with Gasteiger partial charge in [-0.3, -0.25) is 9.58 Å². The third-order valence-electron chi connectivity index (χ3n) is 6.52. The molecule has 2 heterocycles. The predicted octanol–water partition coefficient (Wildman–Crippen LogP) is 3.78. The summed E-state index contributed by atoms with van der Waals surface area (Å²) < 4.78 is 9.90. The Morgan fingerprint density at radius 2 is 1.86 bits per heavy atom. The van der Waals surface area contributed by atoms with E-state index in [1.807, 2.05) is 35.1 Å². The minimum Gasteiger partial charge on any atom is -0.492 e. The van der Waals surface area contributed by atoms with Gasteiger partial charge in [-0.05, 0) is 55.7 Å². The topological polar surface area (TPSA) is 75.7 Å². The predicted molar refractivity (Wildman–Crippen MR) is 139 cm³/mol. The Kier molecular flexibility index (Phi) is 8.58. The first-order valence-electron chi connectivity index (χ1n) is 12.3. The van der Waals surface area contributed by atoms with E-state index in [4.69, 9.17) is 4.74 Å². The standard InChI is InChI=1S/C28H36N4O3/c1-22-23(2)32(28-8-4-3-7-27(22)28)21-25(34)20-30(14-6-17-33)19-24-9-11-26(12-10-24)35-18-16-31-15-5-13-29-31/h3-5,7-13,15,25,33-34H,6,14,16-21H2,1-2H3/t25-/m1/s1. The van der Waals surface area contributed by atoms with Gasteiger partial charge in [0.1, 0.15) is 12.4 Å². The molecule has 0 aliphatic heterocycles. The first-order valence-corrected chi connectivity index (χ1v) is 12.3. The molecule has 0 unspecified atom stereocenters. The van der Waals surface area contributed by atoms with Crippen molar-refractivity contribution in [1.82, 2.24) is 19.2 Å². The second kappa shape index (κ2) is 12.0. The van der Waals surface area contributed by atoms with Crippen molar-refractivity contribution >= 4 is 10.9 Å². The van der Waals surface area contributed by atoms with E-state index in [-0.39, 0.29) is 6.61 Å². The van der Waals surface area contributed by atoms with Crippen LogP contribution in [0.5, 0.6) is 5.75 Å². The first-order chi connectivity index (χ1) is 17.0. The third kappa shape index (κ3) is 6.51. The van der Waals surface area contributed by atoms with Crippen molar-refractivity contribution in [2.75, 3.05) is 26.3 Å². The van der Waals surface area contributed by atoms with Crippen LogP contribution in [0.2, 0.25) is 0 Å². The molecule has 0 radical (unpaired) electrons. The van der Waals surface area contributed by atoms with Gasteiger partial charge in [0, 0.05) is 55.2 Å². The van der Waals surface area contributed by atoms with Crippen LogP contribution in [-0.2, 0) is 19.6 Å². The number of benzene rings is 2. The molecule has 2 aromatic carbocycles. The molecule has 0 aliphatic carbocycles. The molecule has 4 aromatic rings. The molecule has 35 heavy (non-hydrogen) atoms. The van der Waals surface area contributed by atoms with Gasteiger partial charge in [0.2, 0.25) is 0 Å². The Morgan fingerprint density at radius 3 is 2.60 bits per heavy atom. The monoisotopic (exact) mass is 476 g/mol. The van der Waals surface area contributed by atoms with Crippen molar-refractivity contribution in [1.29, 1.82) is 0 Å². The fraction of sp³-hybridized carbons (Fsp3) is 0.393. The van der Waals surface area contributed by atoms with Gasteiger partial charge in [-0.1, -0.05) is 30.3 Å². The van der Waals surface area contributed by atoms with Gasteiger partial charge in [0.25, 0.3) is 0 Å². The van der Waals surface area contributed by atoms with Crippen molar-refractivity contribution in [2.24, 2.45) is 0 Å². The molecular weight excluding hydrogens is 440 g/mol. The molecule has 1 atom stereocenters. The summed E-state index contributed by atoms with van der Waals surface area (Å²) in [4.78, 5) is 2.21. The molecule has 2 N–H and O–H groups in total. The number of para-hydroxylation sites is 1. The Morgan fingerprint density at radius 1 is 1.06 bits per heavy atom. The van der Waals surface area contributed by atoms with Crippen molar-refractivity contribution in [3.05, 3.63) is 83.8 Å². The number of aromatic nitrogens is 3. The molecule has 7 heteroatoms. The van der Waals surface area contributed by atoms with E-state index in [9.17, 15) is 10.2 Å². The molecule has 0 saturated heterocycles. The molecule has 0 spiro atoms. The lowest BCUT2D eigenvalue weighted by Crippen LogP contribution is -2.35. The number of fused-ring (bicyclic) bond motifs is 1. The minimum atomic E-state index is -0.521. The summed E-state index contributed by atoms with van der Waals surface area (Å²) in [6, 6.07) is 18.3. The van der Waals surface area contributed by atoms with E-state index in [0.29, 0.717) is 39.2 Å².